The fourth-order valence-corrected chi connectivity index (χ4v) is 3.00. The quantitative estimate of drug-likeness (QED) is 0.892. The number of aromatic nitrogens is 1. The lowest BCUT2D eigenvalue weighted by Crippen LogP contribution is -2.38. The fraction of sp³-hybridized carbons (Fsp3) is 0.385. The predicted octanol–water partition coefficient (Wildman–Crippen LogP) is 1.52. The number of nitrogens with zero attached hydrogens (tertiary/aromatic N) is 1. The lowest BCUT2D eigenvalue weighted by atomic mass is 9.92. The molecule has 2 heterocycles. The van der Waals surface area contributed by atoms with Gasteiger partial charge in [-0.1, -0.05) is 11.2 Å². The minimum Gasteiger partial charge on any atom is -0.390 e. The van der Waals surface area contributed by atoms with E-state index in [0.717, 1.165) is 29.0 Å². The van der Waals surface area contributed by atoms with Crippen LogP contribution in [-0.2, 0) is 19.4 Å². The zero-order chi connectivity index (χ0) is 13.2. The van der Waals surface area contributed by atoms with Crippen molar-refractivity contribution in [2.75, 3.05) is 0 Å². The zero-order valence-corrected chi connectivity index (χ0v) is 11.1. The summed E-state index contributed by atoms with van der Waals surface area (Å²) >= 11 is 1.43. The van der Waals surface area contributed by atoms with Gasteiger partial charge in [-0.05, 0) is 24.3 Å². The number of thiophene rings is 1. The van der Waals surface area contributed by atoms with Gasteiger partial charge in [0.05, 0.1) is 11.5 Å². The number of aryl methyl sites for hydroxylation is 1. The van der Waals surface area contributed by atoms with Gasteiger partial charge >= 0.3 is 0 Å². The maximum atomic E-state index is 12.0. The second-order valence-corrected chi connectivity index (χ2v) is 5.53. The lowest BCUT2D eigenvalue weighted by Gasteiger charge is -2.22. The number of hydrogen-bond acceptors (Lipinski definition) is 5. The Morgan fingerprint density at radius 1 is 1.63 bits per heavy atom. The Kier molecular flexibility index (Phi) is 3.35. The van der Waals surface area contributed by atoms with E-state index in [9.17, 15) is 9.90 Å². The third-order valence-corrected chi connectivity index (χ3v) is 4.22. The van der Waals surface area contributed by atoms with Gasteiger partial charge in [0.2, 0.25) is 0 Å². The van der Waals surface area contributed by atoms with Gasteiger partial charge in [-0.15, -0.1) is 11.3 Å². The van der Waals surface area contributed by atoms with Crippen LogP contribution in [0.3, 0.4) is 0 Å². The molecule has 3 rings (SSSR count). The van der Waals surface area contributed by atoms with Crippen LogP contribution >= 0.6 is 11.3 Å². The number of carbonyl (C=O) groups excluding carboxylic acids is 1. The number of amides is 1. The van der Waals surface area contributed by atoms with Crippen LogP contribution < -0.4 is 5.32 Å². The maximum absolute atomic E-state index is 12.0. The van der Waals surface area contributed by atoms with Gasteiger partial charge in [-0.3, -0.25) is 4.79 Å². The van der Waals surface area contributed by atoms with Gasteiger partial charge < -0.3 is 14.9 Å². The van der Waals surface area contributed by atoms with Crippen molar-refractivity contribution in [3.8, 4) is 0 Å². The predicted molar refractivity (Wildman–Crippen MR) is 70.0 cm³/mol. The van der Waals surface area contributed by atoms with E-state index in [4.69, 9.17) is 4.52 Å². The second-order valence-electron chi connectivity index (χ2n) is 4.58. The molecule has 1 atom stereocenters. The highest BCUT2D eigenvalue weighted by molar-refractivity contribution is 7.12. The molecule has 100 valence electrons. The summed E-state index contributed by atoms with van der Waals surface area (Å²) in [7, 11) is 0. The molecule has 6 heteroatoms. The highest BCUT2D eigenvalue weighted by Gasteiger charge is 2.26. The molecule has 0 saturated carbocycles. The standard InChI is InChI=1S/C13H14N2O3S/c16-7-10-9-6-8(3-4-11(9)18-15-10)14-13(17)12-2-1-5-19-12/h1-2,5,8,16H,3-4,6-7H2,(H,14,17). The summed E-state index contributed by atoms with van der Waals surface area (Å²) in [6.07, 6.45) is 2.26. The number of fused-ring (bicyclic) bond motifs is 1. The maximum Gasteiger partial charge on any atom is 0.261 e. The fourth-order valence-electron chi connectivity index (χ4n) is 2.38. The monoisotopic (exact) mass is 278 g/mol. The van der Waals surface area contributed by atoms with Crippen LogP contribution in [0.15, 0.2) is 22.0 Å². The summed E-state index contributed by atoms with van der Waals surface area (Å²) in [5, 5.41) is 17.9. The SMILES string of the molecule is O=C(NC1CCc2onc(CO)c2C1)c1cccs1. The summed E-state index contributed by atoms with van der Waals surface area (Å²) in [5.74, 6) is 0.802. The average molecular weight is 278 g/mol. The Labute approximate surface area is 114 Å². The molecule has 2 aromatic heterocycles. The second kappa shape index (κ2) is 5.14. The summed E-state index contributed by atoms with van der Waals surface area (Å²) in [6, 6.07) is 3.75. The van der Waals surface area contributed by atoms with Crippen molar-refractivity contribution in [1.29, 1.82) is 0 Å². The lowest BCUT2D eigenvalue weighted by molar-refractivity contribution is 0.0937. The average Bonchev–Trinajstić information content (AvgIpc) is 3.07. The highest BCUT2D eigenvalue weighted by Crippen LogP contribution is 2.25. The van der Waals surface area contributed by atoms with Crippen molar-refractivity contribution < 1.29 is 14.4 Å². The summed E-state index contributed by atoms with van der Waals surface area (Å²) in [4.78, 5) is 12.7. The Morgan fingerprint density at radius 2 is 2.53 bits per heavy atom. The first-order chi connectivity index (χ1) is 9.28. The molecule has 19 heavy (non-hydrogen) atoms. The topological polar surface area (TPSA) is 75.4 Å². The van der Waals surface area contributed by atoms with Crippen molar-refractivity contribution in [3.63, 3.8) is 0 Å². The van der Waals surface area contributed by atoms with Gasteiger partial charge in [0.15, 0.2) is 0 Å². The molecule has 5 nitrogen and oxygen atoms in total. The Balaban J connectivity index is 1.70. The van der Waals surface area contributed by atoms with Crippen LogP contribution in [-0.4, -0.2) is 22.2 Å². The van der Waals surface area contributed by atoms with E-state index < -0.39 is 0 Å². The van der Waals surface area contributed by atoms with E-state index in [1.807, 2.05) is 17.5 Å². The van der Waals surface area contributed by atoms with Crippen LogP contribution in [0.1, 0.15) is 33.1 Å². The van der Waals surface area contributed by atoms with Gasteiger partial charge in [-0.2, -0.15) is 0 Å². The number of hydrogen-bond donors (Lipinski definition) is 2. The molecule has 0 saturated heterocycles. The van der Waals surface area contributed by atoms with Crippen molar-refractivity contribution in [2.24, 2.45) is 0 Å². The summed E-state index contributed by atoms with van der Waals surface area (Å²) in [5.41, 5.74) is 1.54. The van der Waals surface area contributed by atoms with Crippen LogP contribution in [0.4, 0.5) is 0 Å². The highest BCUT2D eigenvalue weighted by atomic mass is 32.1. The molecule has 1 unspecified atom stereocenters. The van der Waals surface area contributed by atoms with Crippen molar-refractivity contribution in [1.82, 2.24) is 10.5 Å². The first-order valence-corrected chi connectivity index (χ1v) is 7.07. The molecule has 0 bridgehead atoms. The van der Waals surface area contributed by atoms with E-state index in [0.29, 0.717) is 12.1 Å². The number of aliphatic hydroxyl groups excluding tert-OH is 1. The molecular weight excluding hydrogens is 264 g/mol. The molecule has 0 fully saturated rings. The number of rotatable bonds is 3. The molecule has 1 aliphatic rings. The first kappa shape index (κ1) is 12.4. The van der Waals surface area contributed by atoms with Crippen LogP contribution in [0.5, 0.6) is 0 Å². The number of aliphatic hydroxyl groups is 1. The minimum absolute atomic E-state index is 0.0366. The molecular formula is C13H14N2O3S. The molecule has 0 aliphatic heterocycles. The van der Waals surface area contributed by atoms with Gasteiger partial charge in [-0.25, -0.2) is 0 Å². The number of nitrogens with one attached hydrogen (secondary N) is 1. The molecule has 0 aromatic carbocycles. The largest absolute Gasteiger partial charge is 0.390 e. The third kappa shape index (κ3) is 2.41. The molecule has 0 radical (unpaired) electrons. The number of carbonyl (C=O) groups is 1. The van der Waals surface area contributed by atoms with Gasteiger partial charge in [0.25, 0.3) is 5.91 Å². The zero-order valence-electron chi connectivity index (χ0n) is 10.3. The summed E-state index contributed by atoms with van der Waals surface area (Å²) < 4.78 is 5.18. The van der Waals surface area contributed by atoms with E-state index in [2.05, 4.69) is 10.5 Å². The van der Waals surface area contributed by atoms with Gasteiger partial charge in [0.1, 0.15) is 11.5 Å². The minimum atomic E-state index is -0.121. The molecule has 2 aromatic rings. The smallest absolute Gasteiger partial charge is 0.261 e. The Hall–Kier alpha value is -1.66. The third-order valence-electron chi connectivity index (χ3n) is 3.35. The summed E-state index contributed by atoms with van der Waals surface area (Å²) in [6.45, 7) is -0.121. The van der Waals surface area contributed by atoms with Crippen molar-refractivity contribution in [2.45, 2.75) is 31.9 Å². The van der Waals surface area contributed by atoms with E-state index in [1.165, 1.54) is 11.3 Å². The van der Waals surface area contributed by atoms with Crippen LogP contribution in [0, 0.1) is 0 Å². The molecule has 1 amide bonds. The molecule has 1 aliphatic carbocycles. The Morgan fingerprint density at radius 3 is 3.26 bits per heavy atom. The van der Waals surface area contributed by atoms with Crippen LogP contribution in [0.25, 0.3) is 0 Å². The normalized spacial score (nSPS) is 18.1. The first-order valence-electron chi connectivity index (χ1n) is 6.19. The molecule has 0 spiro atoms. The molecule has 2 N–H and O–H groups in total. The van der Waals surface area contributed by atoms with E-state index >= 15 is 0 Å². The van der Waals surface area contributed by atoms with Crippen LogP contribution in [0.2, 0.25) is 0 Å². The van der Waals surface area contributed by atoms with E-state index in [1.54, 1.807) is 0 Å². The van der Waals surface area contributed by atoms with Crippen molar-refractivity contribution >= 4 is 17.2 Å². The van der Waals surface area contributed by atoms with Gasteiger partial charge in [0, 0.05) is 18.0 Å². The van der Waals surface area contributed by atoms with E-state index in [-0.39, 0.29) is 18.6 Å². The Bertz CT molecular complexity index is 563. The van der Waals surface area contributed by atoms with Crippen molar-refractivity contribution in [3.05, 3.63) is 39.4 Å².